The molecule has 1 atom stereocenters. The van der Waals surface area contributed by atoms with Gasteiger partial charge in [-0.2, -0.15) is 0 Å². The maximum Gasteiger partial charge on any atom is 0.306 e. The Hall–Kier alpha value is -3.18. The van der Waals surface area contributed by atoms with Crippen LogP contribution in [-0.2, 0) is 23.8 Å². The predicted molar refractivity (Wildman–Crippen MR) is 270 cm³/mol. The van der Waals surface area contributed by atoms with Crippen LogP contribution >= 0.6 is 0 Å². The van der Waals surface area contributed by atoms with Gasteiger partial charge < -0.3 is 14.2 Å². The van der Waals surface area contributed by atoms with E-state index in [0.29, 0.717) is 19.4 Å². The molecule has 5 nitrogen and oxygen atoms in total. The summed E-state index contributed by atoms with van der Waals surface area (Å²) in [5.74, 6) is -0.509. The van der Waals surface area contributed by atoms with Gasteiger partial charge in [-0.05, 0) is 103 Å². The van der Waals surface area contributed by atoms with Gasteiger partial charge in [-0.15, -0.1) is 0 Å². The molecule has 0 bridgehead atoms. The molecule has 1 unspecified atom stereocenters. The molecule has 0 saturated carbocycles. The van der Waals surface area contributed by atoms with Crippen LogP contribution in [0.25, 0.3) is 0 Å². The highest BCUT2D eigenvalue weighted by molar-refractivity contribution is 5.70. The van der Waals surface area contributed by atoms with Gasteiger partial charge in [0, 0.05) is 19.4 Å². The molecular weight excluding hydrogens is 765 g/mol. The van der Waals surface area contributed by atoms with Crippen LogP contribution in [0.1, 0.15) is 226 Å². The Bertz CT molecular complexity index is 1200. The Morgan fingerprint density at radius 3 is 1.24 bits per heavy atom. The minimum absolute atomic E-state index is 0.0421. The van der Waals surface area contributed by atoms with Crippen molar-refractivity contribution in [2.45, 2.75) is 232 Å². The molecule has 0 saturated heterocycles. The number of esters is 2. The van der Waals surface area contributed by atoms with E-state index in [9.17, 15) is 9.59 Å². The molecule has 0 aromatic rings. The summed E-state index contributed by atoms with van der Waals surface area (Å²) >= 11 is 0. The molecular formula is C57H96O5. The lowest BCUT2D eigenvalue weighted by Gasteiger charge is -2.18. The Morgan fingerprint density at radius 2 is 0.758 bits per heavy atom. The van der Waals surface area contributed by atoms with Gasteiger partial charge in [0.25, 0.3) is 0 Å². The van der Waals surface area contributed by atoms with Gasteiger partial charge in [0.05, 0.1) is 6.61 Å². The molecule has 0 aliphatic rings. The first-order chi connectivity index (χ1) is 30.6. The Morgan fingerprint density at radius 1 is 0.371 bits per heavy atom. The van der Waals surface area contributed by atoms with E-state index in [1.165, 1.54) is 96.3 Å². The van der Waals surface area contributed by atoms with Crippen molar-refractivity contribution in [1.82, 2.24) is 0 Å². The predicted octanol–water partition coefficient (Wildman–Crippen LogP) is 17.5. The van der Waals surface area contributed by atoms with E-state index >= 15 is 0 Å². The SMILES string of the molecule is CC/C=C\C/C=C\C/C=C\C/C=C\CCC(=O)OC(COCCCCCC/C=C\C/C=C\C/C=C\CC)COC(=O)CCCCCCCCCCC/C=C\CCCCCCCC. The molecule has 62 heavy (non-hydrogen) atoms. The van der Waals surface area contributed by atoms with E-state index in [0.717, 1.165) is 89.9 Å². The maximum atomic E-state index is 12.7. The summed E-state index contributed by atoms with van der Waals surface area (Å²) in [7, 11) is 0. The summed E-state index contributed by atoms with van der Waals surface area (Å²) in [6.07, 6.45) is 70.1. The smallest absolute Gasteiger partial charge is 0.306 e. The standard InChI is InChI=1S/C57H96O5/c1-4-7-10-13-16-19-22-25-27-28-29-30-31-33-35-38-41-44-47-50-56(58)61-54-55(53-60-52-49-46-43-40-37-34-26-23-20-17-14-11-8-5-2)62-57(59)51-48-45-42-39-36-32-24-21-18-15-12-9-6-3/h8-9,11-12,17-18,20-21,25-27,32,34,36,42,45,55H,4-7,10,13-16,19,22-24,28-31,33,35,37-41,43-44,46-54H2,1-3H3/b11-8-,12-9-,20-17-,21-18-,27-25-,34-26-,36-32-,45-42-. The second kappa shape index (κ2) is 52.2. The van der Waals surface area contributed by atoms with Crippen molar-refractivity contribution in [2.75, 3.05) is 19.8 Å². The summed E-state index contributed by atoms with van der Waals surface area (Å²) < 4.78 is 17.3. The molecule has 0 aliphatic heterocycles. The van der Waals surface area contributed by atoms with Crippen LogP contribution < -0.4 is 0 Å². The van der Waals surface area contributed by atoms with Crippen LogP contribution in [0.4, 0.5) is 0 Å². The van der Waals surface area contributed by atoms with Crippen molar-refractivity contribution >= 4 is 11.9 Å². The third-order valence-corrected chi connectivity index (χ3v) is 10.6. The second-order valence-electron chi connectivity index (χ2n) is 16.7. The molecule has 0 aromatic heterocycles. The fourth-order valence-electron chi connectivity index (χ4n) is 6.83. The third kappa shape index (κ3) is 49.5. The Kier molecular flexibility index (Phi) is 49.5. The highest BCUT2D eigenvalue weighted by Crippen LogP contribution is 2.13. The summed E-state index contributed by atoms with van der Waals surface area (Å²) in [5.41, 5.74) is 0. The number of hydrogen-bond acceptors (Lipinski definition) is 5. The van der Waals surface area contributed by atoms with E-state index in [1.807, 2.05) is 6.08 Å². The van der Waals surface area contributed by atoms with Crippen LogP contribution in [0, 0.1) is 0 Å². The molecule has 0 amide bonds. The average molecular weight is 861 g/mol. The molecule has 0 radical (unpaired) electrons. The topological polar surface area (TPSA) is 61.8 Å². The zero-order valence-electron chi connectivity index (χ0n) is 40.6. The normalized spacial score (nSPS) is 13.0. The third-order valence-electron chi connectivity index (χ3n) is 10.6. The van der Waals surface area contributed by atoms with E-state index in [2.05, 4.69) is 112 Å². The van der Waals surface area contributed by atoms with Gasteiger partial charge in [0.15, 0.2) is 6.10 Å². The van der Waals surface area contributed by atoms with Gasteiger partial charge in [-0.3, -0.25) is 9.59 Å². The fourth-order valence-corrected chi connectivity index (χ4v) is 6.83. The van der Waals surface area contributed by atoms with Gasteiger partial charge in [-0.25, -0.2) is 0 Å². The molecule has 0 rings (SSSR count). The minimum atomic E-state index is -0.591. The number of ether oxygens (including phenoxy) is 3. The van der Waals surface area contributed by atoms with Crippen LogP contribution in [0.3, 0.4) is 0 Å². The highest BCUT2D eigenvalue weighted by Gasteiger charge is 2.17. The number of rotatable bonds is 46. The monoisotopic (exact) mass is 861 g/mol. The number of carbonyl (C=O) groups excluding carboxylic acids is 2. The van der Waals surface area contributed by atoms with E-state index < -0.39 is 6.10 Å². The van der Waals surface area contributed by atoms with Crippen molar-refractivity contribution in [3.05, 3.63) is 97.2 Å². The summed E-state index contributed by atoms with van der Waals surface area (Å²) in [6.45, 7) is 7.47. The quantitative estimate of drug-likeness (QED) is 0.0347. The number of hydrogen-bond donors (Lipinski definition) is 0. The van der Waals surface area contributed by atoms with Crippen molar-refractivity contribution in [1.29, 1.82) is 0 Å². The zero-order valence-corrected chi connectivity index (χ0v) is 40.6. The Labute approximate surface area is 383 Å². The molecule has 0 fully saturated rings. The second-order valence-corrected chi connectivity index (χ2v) is 16.7. The lowest BCUT2D eigenvalue weighted by molar-refractivity contribution is -0.162. The highest BCUT2D eigenvalue weighted by atomic mass is 16.6. The maximum absolute atomic E-state index is 12.7. The first kappa shape index (κ1) is 58.8. The molecule has 0 spiro atoms. The van der Waals surface area contributed by atoms with Crippen molar-refractivity contribution in [2.24, 2.45) is 0 Å². The van der Waals surface area contributed by atoms with Crippen molar-refractivity contribution in [3.8, 4) is 0 Å². The molecule has 5 heteroatoms. The van der Waals surface area contributed by atoms with Gasteiger partial charge in [0.2, 0.25) is 0 Å². The summed E-state index contributed by atoms with van der Waals surface area (Å²) in [6, 6.07) is 0. The lowest BCUT2D eigenvalue weighted by atomic mass is 10.1. The summed E-state index contributed by atoms with van der Waals surface area (Å²) in [5, 5.41) is 0. The first-order valence-electron chi connectivity index (χ1n) is 25.8. The summed E-state index contributed by atoms with van der Waals surface area (Å²) in [4.78, 5) is 25.3. The van der Waals surface area contributed by atoms with Gasteiger partial charge in [-0.1, -0.05) is 208 Å². The zero-order chi connectivity index (χ0) is 44.9. The van der Waals surface area contributed by atoms with E-state index in [1.54, 1.807) is 0 Å². The fraction of sp³-hybridized carbons (Fsp3) is 0.684. The van der Waals surface area contributed by atoms with Crippen LogP contribution in [0.5, 0.6) is 0 Å². The van der Waals surface area contributed by atoms with E-state index in [4.69, 9.17) is 14.2 Å². The van der Waals surface area contributed by atoms with Gasteiger partial charge >= 0.3 is 11.9 Å². The molecule has 354 valence electrons. The number of unbranched alkanes of at least 4 members (excludes halogenated alkanes) is 19. The van der Waals surface area contributed by atoms with Crippen molar-refractivity contribution in [3.63, 3.8) is 0 Å². The number of carbonyl (C=O) groups is 2. The van der Waals surface area contributed by atoms with Gasteiger partial charge in [0.1, 0.15) is 6.61 Å². The molecule has 0 aliphatic carbocycles. The average Bonchev–Trinajstić information content (AvgIpc) is 3.27. The van der Waals surface area contributed by atoms with Crippen LogP contribution in [-0.4, -0.2) is 37.9 Å². The molecule has 0 aromatic carbocycles. The number of allylic oxidation sites excluding steroid dienone is 16. The minimum Gasteiger partial charge on any atom is -0.462 e. The van der Waals surface area contributed by atoms with Crippen molar-refractivity contribution < 1.29 is 23.8 Å². The van der Waals surface area contributed by atoms with Crippen LogP contribution in [0.2, 0.25) is 0 Å². The molecule has 0 heterocycles. The molecule has 0 N–H and O–H groups in total. The lowest BCUT2D eigenvalue weighted by Crippen LogP contribution is -2.30. The van der Waals surface area contributed by atoms with E-state index in [-0.39, 0.29) is 31.6 Å². The van der Waals surface area contributed by atoms with Crippen LogP contribution in [0.15, 0.2) is 97.2 Å². The largest absolute Gasteiger partial charge is 0.462 e. The first-order valence-corrected chi connectivity index (χ1v) is 25.8. The Balaban J connectivity index is 4.34.